The van der Waals surface area contributed by atoms with Crippen LogP contribution in [0.4, 0.5) is 0 Å². The molecule has 5 heteroatoms. The third-order valence-corrected chi connectivity index (χ3v) is 3.20. The molecule has 3 rings (SSSR count). The maximum absolute atomic E-state index is 10.9. The van der Waals surface area contributed by atoms with E-state index in [1.165, 1.54) is 0 Å². The molecule has 0 aliphatic carbocycles. The summed E-state index contributed by atoms with van der Waals surface area (Å²) in [5, 5.41) is 9.90. The highest BCUT2D eigenvalue weighted by atomic mass is 16.4. The highest BCUT2D eigenvalue weighted by Gasteiger charge is 2.10. The first-order chi connectivity index (χ1) is 9.15. The molecule has 1 aromatic carbocycles. The molecule has 0 aliphatic rings. The molecule has 0 atom stereocenters. The minimum atomic E-state index is -0.814. The molecule has 2 aromatic heterocycles. The van der Waals surface area contributed by atoms with Gasteiger partial charge in [0, 0.05) is 36.7 Å². The number of carboxylic acid groups (broad SMARTS) is 1. The van der Waals surface area contributed by atoms with Gasteiger partial charge >= 0.3 is 5.97 Å². The van der Waals surface area contributed by atoms with Crippen molar-refractivity contribution in [3.8, 4) is 5.69 Å². The Kier molecular flexibility index (Phi) is 2.59. The lowest BCUT2D eigenvalue weighted by Crippen LogP contribution is -1.99. The van der Waals surface area contributed by atoms with E-state index in [0.717, 1.165) is 22.2 Å². The van der Waals surface area contributed by atoms with Gasteiger partial charge in [0.25, 0.3) is 0 Å². The van der Waals surface area contributed by atoms with Gasteiger partial charge in [-0.25, -0.2) is 4.98 Å². The van der Waals surface area contributed by atoms with E-state index in [2.05, 4.69) is 4.98 Å². The summed E-state index contributed by atoms with van der Waals surface area (Å²) in [6.07, 6.45) is 7.26. The Bertz CT molecular complexity index is 741. The van der Waals surface area contributed by atoms with Crippen molar-refractivity contribution in [2.75, 3.05) is 0 Å². The van der Waals surface area contributed by atoms with Crippen LogP contribution < -0.4 is 0 Å². The third kappa shape index (κ3) is 1.99. The zero-order chi connectivity index (χ0) is 13.4. The molecule has 2 heterocycles. The molecule has 19 heavy (non-hydrogen) atoms. The van der Waals surface area contributed by atoms with Gasteiger partial charge in [-0.15, -0.1) is 0 Å². The van der Waals surface area contributed by atoms with Gasteiger partial charge in [0.05, 0.1) is 18.3 Å². The summed E-state index contributed by atoms with van der Waals surface area (Å²) in [4.78, 5) is 14.9. The van der Waals surface area contributed by atoms with Crippen LogP contribution in [0.25, 0.3) is 16.6 Å². The lowest BCUT2D eigenvalue weighted by Gasteiger charge is -2.03. The van der Waals surface area contributed by atoms with Crippen LogP contribution in [0.5, 0.6) is 0 Å². The smallest absolute Gasteiger partial charge is 0.307 e. The highest BCUT2D eigenvalue weighted by molar-refractivity contribution is 5.88. The molecule has 0 fully saturated rings. The molecule has 0 aliphatic heterocycles. The summed E-state index contributed by atoms with van der Waals surface area (Å²) in [5.41, 5.74) is 2.86. The molecule has 5 nitrogen and oxygen atoms in total. The van der Waals surface area contributed by atoms with Gasteiger partial charge in [-0.1, -0.05) is 6.07 Å². The topological polar surface area (TPSA) is 60.1 Å². The van der Waals surface area contributed by atoms with Crippen LogP contribution >= 0.6 is 0 Å². The van der Waals surface area contributed by atoms with Crippen LogP contribution in [0, 0.1) is 0 Å². The number of hydrogen-bond donors (Lipinski definition) is 1. The molecular weight excluding hydrogens is 242 g/mol. The molecule has 0 unspecified atom stereocenters. The van der Waals surface area contributed by atoms with Crippen molar-refractivity contribution in [3.05, 3.63) is 48.7 Å². The predicted octanol–water partition coefficient (Wildman–Crippen LogP) is 1.99. The van der Waals surface area contributed by atoms with Crippen LogP contribution in [0.1, 0.15) is 5.56 Å². The number of hydrogen-bond acceptors (Lipinski definition) is 2. The quantitative estimate of drug-likeness (QED) is 0.778. The van der Waals surface area contributed by atoms with Gasteiger partial charge in [-0.3, -0.25) is 4.79 Å². The Labute approximate surface area is 109 Å². The fourth-order valence-corrected chi connectivity index (χ4v) is 2.33. The van der Waals surface area contributed by atoms with Crippen LogP contribution in [0.3, 0.4) is 0 Å². The van der Waals surface area contributed by atoms with E-state index in [-0.39, 0.29) is 6.42 Å². The van der Waals surface area contributed by atoms with E-state index in [4.69, 9.17) is 5.11 Å². The largest absolute Gasteiger partial charge is 0.481 e. The first-order valence-corrected chi connectivity index (χ1v) is 5.93. The first-order valence-electron chi connectivity index (χ1n) is 5.93. The number of imidazole rings is 1. The van der Waals surface area contributed by atoms with Crippen molar-refractivity contribution >= 4 is 16.9 Å². The molecule has 1 N–H and O–H groups in total. The van der Waals surface area contributed by atoms with Gasteiger partial charge in [-0.2, -0.15) is 0 Å². The summed E-state index contributed by atoms with van der Waals surface area (Å²) >= 11 is 0. The van der Waals surface area contributed by atoms with E-state index in [1.807, 2.05) is 46.8 Å². The number of benzene rings is 1. The van der Waals surface area contributed by atoms with E-state index < -0.39 is 5.97 Å². The monoisotopic (exact) mass is 255 g/mol. The molecule has 0 bridgehead atoms. The molecular formula is C14H13N3O2. The first kappa shape index (κ1) is 11.5. The van der Waals surface area contributed by atoms with Gasteiger partial charge in [-0.05, 0) is 17.7 Å². The maximum atomic E-state index is 10.9. The van der Waals surface area contributed by atoms with Crippen molar-refractivity contribution in [3.63, 3.8) is 0 Å². The van der Waals surface area contributed by atoms with Crippen molar-refractivity contribution in [2.24, 2.45) is 7.05 Å². The summed E-state index contributed by atoms with van der Waals surface area (Å²) in [6, 6.07) is 5.96. The fourth-order valence-electron chi connectivity index (χ4n) is 2.33. The molecule has 0 radical (unpaired) electrons. The Balaban J connectivity index is 2.14. The second-order valence-corrected chi connectivity index (χ2v) is 4.51. The lowest BCUT2D eigenvalue weighted by molar-refractivity contribution is -0.136. The fraction of sp³-hybridized carbons (Fsp3) is 0.143. The van der Waals surface area contributed by atoms with Crippen molar-refractivity contribution in [1.29, 1.82) is 0 Å². The Hall–Kier alpha value is -2.56. The van der Waals surface area contributed by atoms with Crippen LogP contribution in [0.2, 0.25) is 0 Å². The molecule has 0 amide bonds. The molecule has 3 aromatic rings. The number of aryl methyl sites for hydroxylation is 1. The normalized spacial score (nSPS) is 11.0. The number of nitrogens with zero attached hydrogens (tertiary/aromatic N) is 3. The van der Waals surface area contributed by atoms with Crippen LogP contribution in [-0.2, 0) is 18.3 Å². The summed E-state index contributed by atoms with van der Waals surface area (Å²) in [6.45, 7) is 0. The Morgan fingerprint density at radius 3 is 2.95 bits per heavy atom. The number of carbonyl (C=O) groups is 1. The highest BCUT2D eigenvalue weighted by Crippen LogP contribution is 2.24. The number of fused-ring (bicyclic) bond motifs is 1. The van der Waals surface area contributed by atoms with Crippen LogP contribution in [-0.4, -0.2) is 25.2 Å². The van der Waals surface area contributed by atoms with E-state index >= 15 is 0 Å². The maximum Gasteiger partial charge on any atom is 0.307 e. The van der Waals surface area contributed by atoms with E-state index in [9.17, 15) is 4.79 Å². The molecule has 0 saturated carbocycles. The van der Waals surface area contributed by atoms with Gasteiger partial charge in [0.15, 0.2) is 0 Å². The average molecular weight is 255 g/mol. The minimum Gasteiger partial charge on any atom is -0.481 e. The van der Waals surface area contributed by atoms with Crippen molar-refractivity contribution in [1.82, 2.24) is 14.1 Å². The second-order valence-electron chi connectivity index (χ2n) is 4.51. The SMILES string of the molecule is Cn1cc(CC(=O)O)c2ccc(-n3ccnc3)cc21. The van der Waals surface area contributed by atoms with E-state index in [0.29, 0.717) is 0 Å². The van der Waals surface area contributed by atoms with Crippen molar-refractivity contribution in [2.45, 2.75) is 6.42 Å². The molecule has 0 saturated heterocycles. The minimum absolute atomic E-state index is 0.0434. The number of carboxylic acids is 1. The summed E-state index contributed by atoms with van der Waals surface area (Å²) in [7, 11) is 1.92. The zero-order valence-corrected chi connectivity index (χ0v) is 10.4. The number of rotatable bonds is 3. The van der Waals surface area contributed by atoms with Gasteiger partial charge < -0.3 is 14.2 Å². The Morgan fingerprint density at radius 2 is 2.26 bits per heavy atom. The third-order valence-electron chi connectivity index (χ3n) is 3.20. The second kappa shape index (κ2) is 4.28. The Morgan fingerprint density at radius 1 is 1.42 bits per heavy atom. The molecule has 0 spiro atoms. The molecule has 96 valence electrons. The lowest BCUT2D eigenvalue weighted by atomic mass is 10.1. The summed E-state index contributed by atoms with van der Waals surface area (Å²) in [5.74, 6) is -0.814. The average Bonchev–Trinajstić information content (AvgIpc) is 2.98. The van der Waals surface area contributed by atoms with Gasteiger partial charge in [0.2, 0.25) is 0 Å². The van der Waals surface area contributed by atoms with Crippen molar-refractivity contribution < 1.29 is 9.90 Å². The van der Waals surface area contributed by atoms with Crippen LogP contribution in [0.15, 0.2) is 43.1 Å². The predicted molar refractivity (Wildman–Crippen MR) is 71.4 cm³/mol. The standard InChI is InChI=1S/C14H13N3O2/c1-16-8-10(6-14(18)19)12-3-2-11(7-13(12)16)17-5-4-15-9-17/h2-5,7-9H,6H2,1H3,(H,18,19). The number of aromatic nitrogens is 3. The number of aliphatic carboxylic acids is 1. The zero-order valence-electron chi connectivity index (χ0n) is 10.4. The summed E-state index contributed by atoms with van der Waals surface area (Å²) < 4.78 is 3.87. The van der Waals surface area contributed by atoms with Gasteiger partial charge in [0.1, 0.15) is 0 Å². The van der Waals surface area contributed by atoms with E-state index in [1.54, 1.807) is 12.5 Å².